The van der Waals surface area contributed by atoms with Gasteiger partial charge in [0.2, 0.25) is 0 Å². The van der Waals surface area contributed by atoms with E-state index in [1.165, 1.54) is 11.3 Å². The van der Waals surface area contributed by atoms with Gasteiger partial charge in [-0.05, 0) is 12.8 Å². The number of hydrogen-bond donors (Lipinski definition) is 0. The van der Waals surface area contributed by atoms with Crippen LogP contribution < -0.4 is 0 Å². The summed E-state index contributed by atoms with van der Waals surface area (Å²) in [7, 11) is 0. The van der Waals surface area contributed by atoms with Crippen LogP contribution >= 0.6 is 11.3 Å². The van der Waals surface area contributed by atoms with Gasteiger partial charge in [0.1, 0.15) is 6.10 Å². The van der Waals surface area contributed by atoms with Crippen LogP contribution in [0.3, 0.4) is 0 Å². The van der Waals surface area contributed by atoms with Gasteiger partial charge in [-0.2, -0.15) is 0 Å². The standard InChI is InChI=1S/C9H9NO3S/c11-5-13-7-2-1-6(7)8(12)9-10-3-4-14-9/h3-7H,1-2H2. The highest BCUT2D eigenvalue weighted by atomic mass is 32.1. The number of ether oxygens (including phenoxy) is 1. The van der Waals surface area contributed by atoms with Crippen LogP contribution in [0.2, 0.25) is 0 Å². The first kappa shape index (κ1) is 9.33. The summed E-state index contributed by atoms with van der Waals surface area (Å²) < 4.78 is 4.79. The Kier molecular flexibility index (Phi) is 2.58. The number of thiazole rings is 1. The zero-order valence-corrected chi connectivity index (χ0v) is 8.20. The Morgan fingerprint density at radius 2 is 2.50 bits per heavy atom. The van der Waals surface area contributed by atoms with E-state index in [4.69, 9.17) is 4.74 Å². The van der Waals surface area contributed by atoms with Gasteiger partial charge in [0, 0.05) is 11.6 Å². The van der Waals surface area contributed by atoms with E-state index in [0.717, 1.165) is 12.8 Å². The molecule has 0 saturated heterocycles. The molecule has 1 aliphatic rings. The lowest BCUT2D eigenvalue weighted by atomic mass is 9.79. The second-order valence-corrected chi connectivity index (χ2v) is 4.05. The van der Waals surface area contributed by atoms with Gasteiger partial charge in [0.05, 0.1) is 5.92 Å². The summed E-state index contributed by atoms with van der Waals surface area (Å²) in [5, 5.41) is 2.27. The topological polar surface area (TPSA) is 56.3 Å². The lowest BCUT2D eigenvalue weighted by molar-refractivity contribution is -0.139. The average molecular weight is 211 g/mol. The highest BCUT2D eigenvalue weighted by Gasteiger charge is 2.39. The van der Waals surface area contributed by atoms with E-state index in [1.54, 1.807) is 11.6 Å². The minimum Gasteiger partial charge on any atom is -0.464 e. The zero-order chi connectivity index (χ0) is 9.97. The third kappa shape index (κ3) is 1.55. The molecule has 14 heavy (non-hydrogen) atoms. The van der Waals surface area contributed by atoms with Gasteiger partial charge in [-0.15, -0.1) is 11.3 Å². The van der Waals surface area contributed by atoms with Gasteiger partial charge in [0.25, 0.3) is 6.47 Å². The normalized spacial score (nSPS) is 25.1. The number of rotatable bonds is 4. The van der Waals surface area contributed by atoms with Crippen LogP contribution in [-0.4, -0.2) is 23.3 Å². The molecule has 0 aliphatic heterocycles. The summed E-state index contributed by atoms with van der Waals surface area (Å²) in [6, 6.07) is 0. The monoisotopic (exact) mass is 211 g/mol. The highest BCUT2D eigenvalue weighted by Crippen LogP contribution is 2.33. The Morgan fingerprint density at radius 1 is 1.64 bits per heavy atom. The second kappa shape index (κ2) is 3.88. The summed E-state index contributed by atoms with van der Waals surface area (Å²) in [4.78, 5) is 25.8. The summed E-state index contributed by atoms with van der Waals surface area (Å²) >= 11 is 1.32. The molecule has 1 aromatic rings. The van der Waals surface area contributed by atoms with Crippen LogP contribution in [0.15, 0.2) is 11.6 Å². The molecule has 0 bridgehead atoms. The Morgan fingerprint density at radius 3 is 3.00 bits per heavy atom. The van der Waals surface area contributed by atoms with Crippen LogP contribution in [-0.2, 0) is 9.53 Å². The van der Waals surface area contributed by atoms with Gasteiger partial charge in [0.15, 0.2) is 10.8 Å². The quantitative estimate of drug-likeness (QED) is 0.556. The van der Waals surface area contributed by atoms with Gasteiger partial charge in [-0.3, -0.25) is 9.59 Å². The Bertz CT molecular complexity index is 336. The molecule has 2 rings (SSSR count). The van der Waals surface area contributed by atoms with Crippen molar-refractivity contribution in [1.29, 1.82) is 0 Å². The highest BCUT2D eigenvalue weighted by molar-refractivity contribution is 7.11. The average Bonchev–Trinajstić information content (AvgIpc) is 2.65. The van der Waals surface area contributed by atoms with Crippen molar-refractivity contribution in [2.24, 2.45) is 5.92 Å². The molecule has 0 radical (unpaired) electrons. The fraction of sp³-hybridized carbons (Fsp3) is 0.444. The first-order valence-electron chi connectivity index (χ1n) is 4.35. The molecule has 2 atom stereocenters. The van der Waals surface area contributed by atoms with E-state index in [9.17, 15) is 9.59 Å². The van der Waals surface area contributed by atoms with Gasteiger partial charge < -0.3 is 4.74 Å². The van der Waals surface area contributed by atoms with Crippen molar-refractivity contribution in [3.63, 3.8) is 0 Å². The molecule has 1 aliphatic carbocycles. The Balaban J connectivity index is 2.02. The molecular formula is C9H9NO3S. The van der Waals surface area contributed by atoms with Crippen molar-refractivity contribution in [1.82, 2.24) is 4.98 Å². The fourth-order valence-corrected chi connectivity index (χ4v) is 2.15. The third-order valence-electron chi connectivity index (χ3n) is 2.42. The molecule has 2 unspecified atom stereocenters. The smallest absolute Gasteiger partial charge is 0.293 e. The molecule has 1 saturated carbocycles. The first-order valence-corrected chi connectivity index (χ1v) is 5.23. The predicted molar refractivity (Wildman–Crippen MR) is 50.1 cm³/mol. The van der Waals surface area contributed by atoms with Gasteiger partial charge in [-0.25, -0.2) is 4.98 Å². The lowest BCUT2D eigenvalue weighted by Gasteiger charge is -2.32. The van der Waals surface area contributed by atoms with Crippen molar-refractivity contribution in [3.05, 3.63) is 16.6 Å². The maximum absolute atomic E-state index is 11.7. The minimum atomic E-state index is -0.233. The summed E-state index contributed by atoms with van der Waals surface area (Å²) in [6.07, 6.45) is 2.94. The van der Waals surface area contributed by atoms with Crippen LogP contribution in [0.25, 0.3) is 0 Å². The minimum absolute atomic E-state index is 0.00176. The Hall–Kier alpha value is -1.23. The van der Waals surface area contributed by atoms with Crippen molar-refractivity contribution in [2.75, 3.05) is 0 Å². The molecule has 5 heteroatoms. The van der Waals surface area contributed by atoms with Crippen LogP contribution in [0, 0.1) is 5.92 Å². The third-order valence-corrected chi connectivity index (χ3v) is 3.21. The molecule has 1 aromatic heterocycles. The number of carbonyl (C=O) groups is 2. The summed E-state index contributed by atoms with van der Waals surface area (Å²) in [6.45, 7) is 0.409. The molecule has 0 amide bonds. The molecule has 1 fully saturated rings. The first-order chi connectivity index (χ1) is 6.83. The molecule has 1 heterocycles. The SMILES string of the molecule is O=COC1CCC1C(=O)c1nccs1. The van der Waals surface area contributed by atoms with Crippen LogP contribution in [0.1, 0.15) is 22.6 Å². The van der Waals surface area contributed by atoms with E-state index in [0.29, 0.717) is 11.5 Å². The summed E-state index contributed by atoms with van der Waals surface area (Å²) in [5.74, 6) is -0.176. The van der Waals surface area contributed by atoms with E-state index in [-0.39, 0.29) is 17.8 Å². The van der Waals surface area contributed by atoms with Crippen LogP contribution in [0.5, 0.6) is 0 Å². The molecule has 0 N–H and O–H groups in total. The largest absolute Gasteiger partial charge is 0.464 e. The number of ketones is 1. The molecule has 4 nitrogen and oxygen atoms in total. The number of Topliss-reactive ketones (excluding diaryl/α,β-unsaturated/α-hetero) is 1. The molecule has 0 aromatic carbocycles. The van der Waals surface area contributed by atoms with E-state index >= 15 is 0 Å². The van der Waals surface area contributed by atoms with E-state index in [2.05, 4.69) is 4.98 Å². The Labute approximate surface area is 84.9 Å². The second-order valence-electron chi connectivity index (χ2n) is 3.16. The van der Waals surface area contributed by atoms with E-state index in [1.807, 2.05) is 0 Å². The maximum atomic E-state index is 11.7. The summed E-state index contributed by atoms with van der Waals surface area (Å²) in [5.41, 5.74) is 0. The van der Waals surface area contributed by atoms with Crippen LogP contribution in [0.4, 0.5) is 0 Å². The molecule has 0 spiro atoms. The number of carbonyl (C=O) groups excluding carboxylic acids is 2. The van der Waals surface area contributed by atoms with Crippen molar-refractivity contribution >= 4 is 23.6 Å². The lowest BCUT2D eigenvalue weighted by Crippen LogP contribution is -2.39. The van der Waals surface area contributed by atoms with E-state index < -0.39 is 0 Å². The van der Waals surface area contributed by atoms with Gasteiger partial charge in [-0.1, -0.05) is 0 Å². The van der Waals surface area contributed by atoms with Crippen molar-refractivity contribution < 1.29 is 14.3 Å². The van der Waals surface area contributed by atoms with Crippen molar-refractivity contribution in [2.45, 2.75) is 18.9 Å². The predicted octanol–water partition coefficient (Wildman–Crippen LogP) is 1.28. The van der Waals surface area contributed by atoms with Gasteiger partial charge >= 0.3 is 0 Å². The number of aromatic nitrogens is 1. The fourth-order valence-electron chi connectivity index (χ4n) is 1.51. The number of nitrogens with zero attached hydrogens (tertiary/aromatic N) is 1. The zero-order valence-electron chi connectivity index (χ0n) is 7.38. The molecule has 74 valence electrons. The molecular weight excluding hydrogens is 202 g/mol. The van der Waals surface area contributed by atoms with Crippen molar-refractivity contribution in [3.8, 4) is 0 Å². The maximum Gasteiger partial charge on any atom is 0.293 e. The number of hydrogen-bond acceptors (Lipinski definition) is 5.